The molecule has 2 heterocycles. The van der Waals surface area contributed by atoms with Gasteiger partial charge < -0.3 is 10.1 Å². The van der Waals surface area contributed by atoms with Gasteiger partial charge in [0.2, 0.25) is 5.91 Å². The highest BCUT2D eigenvalue weighted by molar-refractivity contribution is 7.99. The Kier molecular flexibility index (Phi) is 6.50. The summed E-state index contributed by atoms with van der Waals surface area (Å²) in [6, 6.07) is 27.8. The molecule has 3 aromatic carbocycles. The van der Waals surface area contributed by atoms with Crippen LogP contribution in [0.25, 0.3) is 22.2 Å². The number of amides is 1. The first-order valence-corrected chi connectivity index (χ1v) is 12.0. The predicted molar refractivity (Wildman–Crippen MR) is 140 cm³/mol. The van der Waals surface area contributed by atoms with E-state index < -0.39 is 0 Å². The zero-order valence-electron chi connectivity index (χ0n) is 19.4. The molecule has 0 bridgehead atoms. The van der Waals surface area contributed by atoms with Gasteiger partial charge in [0, 0.05) is 21.4 Å². The largest absolute Gasteiger partial charge is 0.497 e. The van der Waals surface area contributed by atoms with Crippen molar-refractivity contribution in [3.8, 4) is 16.9 Å². The Morgan fingerprint density at radius 1 is 0.971 bits per heavy atom. The summed E-state index contributed by atoms with van der Waals surface area (Å²) >= 11 is 1.61. The second-order valence-electron chi connectivity index (χ2n) is 7.99. The minimum absolute atomic E-state index is 0.0632. The lowest BCUT2D eigenvalue weighted by Gasteiger charge is -2.11. The Balaban J connectivity index is 1.39. The van der Waals surface area contributed by atoms with E-state index in [2.05, 4.69) is 15.4 Å². The number of carbonyl (C=O) groups is 1. The monoisotopic (exact) mass is 480 g/mol. The van der Waals surface area contributed by atoms with E-state index in [0.717, 1.165) is 43.4 Å². The number of rotatable bonds is 7. The van der Waals surface area contributed by atoms with Crippen LogP contribution in [0.5, 0.6) is 5.75 Å². The van der Waals surface area contributed by atoms with Crippen LogP contribution in [0.4, 0.5) is 5.69 Å². The summed E-state index contributed by atoms with van der Waals surface area (Å²) in [4.78, 5) is 19.7. The van der Waals surface area contributed by atoms with Crippen LogP contribution in [0.2, 0.25) is 0 Å². The lowest BCUT2D eigenvalue weighted by Crippen LogP contribution is -2.20. The van der Waals surface area contributed by atoms with Crippen molar-refractivity contribution in [2.45, 2.75) is 23.3 Å². The highest BCUT2D eigenvalue weighted by Crippen LogP contribution is 2.34. The molecule has 5 aromatic rings. The van der Waals surface area contributed by atoms with Crippen LogP contribution in [0.1, 0.15) is 5.69 Å². The Morgan fingerprint density at radius 3 is 2.49 bits per heavy atom. The summed E-state index contributed by atoms with van der Waals surface area (Å²) in [5.74, 6) is 0.640. The van der Waals surface area contributed by atoms with Crippen LogP contribution < -0.4 is 10.1 Å². The molecule has 35 heavy (non-hydrogen) atoms. The summed E-state index contributed by atoms with van der Waals surface area (Å²) < 4.78 is 6.95. The van der Waals surface area contributed by atoms with E-state index in [9.17, 15) is 4.79 Å². The average molecular weight is 481 g/mol. The Hall–Kier alpha value is -4.10. The average Bonchev–Trinajstić information content (AvgIpc) is 3.21. The van der Waals surface area contributed by atoms with Crippen molar-refractivity contribution in [1.82, 2.24) is 14.8 Å². The quantitative estimate of drug-likeness (QED) is 0.300. The number of nitrogens with one attached hydrogen (secondary N) is 1. The van der Waals surface area contributed by atoms with Crippen LogP contribution in [0.15, 0.2) is 101 Å². The Bertz CT molecular complexity index is 1480. The van der Waals surface area contributed by atoms with Crippen molar-refractivity contribution in [3.63, 3.8) is 0 Å². The fourth-order valence-corrected chi connectivity index (χ4v) is 4.93. The van der Waals surface area contributed by atoms with Crippen LogP contribution >= 0.6 is 11.8 Å². The number of hydrogen-bond acceptors (Lipinski definition) is 5. The van der Waals surface area contributed by atoms with Crippen molar-refractivity contribution in [1.29, 1.82) is 0 Å². The molecule has 0 fully saturated rings. The van der Waals surface area contributed by atoms with Crippen molar-refractivity contribution < 1.29 is 9.53 Å². The summed E-state index contributed by atoms with van der Waals surface area (Å²) in [5.41, 5.74) is 4.33. The molecule has 7 heteroatoms. The van der Waals surface area contributed by atoms with Crippen LogP contribution in [0.3, 0.4) is 0 Å². The van der Waals surface area contributed by atoms with Gasteiger partial charge in [0.05, 0.1) is 18.5 Å². The standard InChI is InChI=1S/C28H24N4O2S/c1-19-27-23(20-12-14-21(34-2)15-13-20)16-17-29-28(27)32(31-19)18-26(33)30-24-10-6-7-11-25(24)35-22-8-4-3-5-9-22/h3-17H,18H2,1-2H3,(H,30,33). The second-order valence-corrected chi connectivity index (χ2v) is 9.10. The number of aryl methyl sites for hydroxylation is 1. The van der Waals surface area contributed by atoms with Gasteiger partial charge in [-0.3, -0.25) is 4.79 Å². The van der Waals surface area contributed by atoms with E-state index in [1.165, 1.54) is 0 Å². The number of carbonyl (C=O) groups excluding carboxylic acids is 1. The molecular formula is C28H24N4O2S. The number of para-hydroxylation sites is 1. The van der Waals surface area contributed by atoms with Crippen molar-refractivity contribution in [3.05, 3.63) is 96.8 Å². The number of nitrogens with zero attached hydrogens (tertiary/aromatic N) is 3. The zero-order valence-corrected chi connectivity index (χ0v) is 20.3. The van der Waals surface area contributed by atoms with E-state index >= 15 is 0 Å². The van der Waals surface area contributed by atoms with Crippen LogP contribution in [-0.2, 0) is 11.3 Å². The molecule has 0 saturated heterocycles. The van der Waals surface area contributed by atoms with Gasteiger partial charge in [0.25, 0.3) is 0 Å². The molecule has 1 N–H and O–H groups in total. The van der Waals surface area contributed by atoms with E-state index in [-0.39, 0.29) is 12.5 Å². The maximum absolute atomic E-state index is 13.0. The molecule has 174 valence electrons. The Morgan fingerprint density at radius 2 is 1.71 bits per heavy atom. The third-order valence-electron chi connectivity index (χ3n) is 5.63. The summed E-state index contributed by atoms with van der Waals surface area (Å²) in [7, 11) is 1.65. The molecule has 0 saturated carbocycles. The Labute approximate surface area is 208 Å². The molecule has 0 atom stereocenters. The fraction of sp³-hybridized carbons (Fsp3) is 0.107. The summed E-state index contributed by atoms with van der Waals surface area (Å²) in [5, 5.41) is 8.63. The molecule has 0 radical (unpaired) electrons. The fourth-order valence-electron chi connectivity index (χ4n) is 4.00. The number of fused-ring (bicyclic) bond motifs is 1. The van der Waals surface area contributed by atoms with Gasteiger partial charge in [0.15, 0.2) is 5.65 Å². The third kappa shape index (κ3) is 4.90. The van der Waals surface area contributed by atoms with Gasteiger partial charge in [-0.25, -0.2) is 9.67 Å². The first-order valence-electron chi connectivity index (χ1n) is 11.2. The molecule has 0 aliphatic rings. The van der Waals surface area contributed by atoms with Gasteiger partial charge in [-0.15, -0.1) is 0 Å². The lowest BCUT2D eigenvalue weighted by atomic mass is 10.0. The maximum Gasteiger partial charge on any atom is 0.246 e. The minimum atomic E-state index is -0.160. The topological polar surface area (TPSA) is 69.0 Å². The number of pyridine rings is 1. The van der Waals surface area contributed by atoms with Gasteiger partial charge in [-0.05, 0) is 60.5 Å². The van der Waals surface area contributed by atoms with E-state index in [1.807, 2.05) is 91.9 Å². The zero-order chi connectivity index (χ0) is 24.2. The van der Waals surface area contributed by atoms with Gasteiger partial charge in [-0.2, -0.15) is 5.10 Å². The molecule has 0 spiro atoms. The molecule has 1 amide bonds. The number of ether oxygens (including phenoxy) is 1. The minimum Gasteiger partial charge on any atom is -0.497 e. The number of methoxy groups -OCH3 is 1. The van der Waals surface area contributed by atoms with E-state index in [0.29, 0.717) is 5.65 Å². The van der Waals surface area contributed by atoms with Crippen molar-refractivity contribution in [2.24, 2.45) is 0 Å². The first-order chi connectivity index (χ1) is 17.1. The molecule has 2 aromatic heterocycles. The highest BCUT2D eigenvalue weighted by Gasteiger charge is 2.17. The molecule has 5 rings (SSSR count). The normalized spacial score (nSPS) is 10.9. The number of anilines is 1. The summed E-state index contributed by atoms with van der Waals surface area (Å²) in [6.07, 6.45) is 1.75. The van der Waals surface area contributed by atoms with E-state index in [4.69, 9.17) is 4.74 Å². The highest BCUT2D eigenvalue weighted by atomic mass is 32.2. The maximum atomic E-state index is 13.0. The van der Waals surface area contributed by atoms with Gasteiger partial charge >= 0.3 is 0 Å². The SMILES string of the molecule is COc1ccc(-c2ccnc3c2c(C)nn3CC(=O)Nc2ccccc2Sc2ccccc2)cc1. The van der Waals surface area contributed by atoms with Crippen LogP contribution in [0, 0.1) is 6.92 Å². The summed E-state index contributed by atoms with van der Waals surface area (Å²) in [6.45, 7) is 2.00. The number of aromatic nitrogens is 3. The molecule has 0 aliphatic carbocycles. The van der Waals surface area contributed by atoms with E-state index in [1.54, 1.807) is 29.8 Å². The van der Waals surface area contributed by atoms with Gasteiger partial charge in [-0.1, -0.05) is 54.2 Å². The number of benzene rings is 3. The predicted octanol–water partition coefficient (Wildman–Crippen LogP) is 6.21. The van der Waals surface area contributed by atoms with Gasteiger partial charge in [0.1, 0.15) is 12.3 Å². The first kappa shape index (κ1) is 22.7. The van der Waals surface area contributed by atoms with Crippen molar-refractivity contribution in [2.75, 3.05) is 12.4 Å². The molecular weight excluding hydrogens is 456 g/mol. The third-order valence-corrected chi connectivity index (χ3v) is 6.72. The second kappa shape index (κ2) is 10.0. The van der Waals surface area contributed by atoms with Crippen molar-refractivity contribution >= 4 is 34.4 Å². The number of hydrogen-bond donors (Lipinski definition) is 1. The smallest absolute Gasteiger partial charge is 0.246 e. The molecule has 0 unspecified atom stereocenters. The lowest BCUT2D eigenvalue weighted by molar-refractivity contribution is -0.116. The molecule has 6 nitrogen and oxygen atoms in total. The molecule has 0 aliphatic heterocycles. The van der Waals surface area contributed by atoms with Crippen LogP contribution in [-0.4, -0.2) is 27.8 Å².